The van der Waals surface area contributed by atoms with Crippen molar-refractivity contribution in [1.29, 1.82) is 0 Å². The molecule has 0 saturated carbocycles. The van der Waals surface area contributed by atoms with Gasteiger partial charge in [0.1, 0.15) is 0 Å². The monoisotopic (exact) mass is 318 g/mol. The molecule has 2 rings (SSSR count). The zero-order valence-corrected chi connectivity index (χ0v) is 14.6. The number of piperazine rings is 1. The lowest BCUT2D eigenvalue weighted by Gasteiger charge is -2.36. The number of carbonyl (C=O) groups is 1. The van der Waals surface area contributed by atoms with E-state index in [1.807, 2.05) is 12.1 Å². The molecule has 1 unspecified atom stereocenters. The Bertz CT molecular complexity index is 496. The van der Waals surface area contributed by atoms with Gasteiger partial charge in [-0.15, -0.1) is 0 Å². The molecule has 1 heterocycles. The van der Waals surface area contributed by atoms with Crippen molar-refractivity contribution in [1.82, 2.24) is 15.1 Å². The van der Waals surface area contributed by atoms with Crippen LogP contribution in [0.3, 0.4) is 0 Å². The van der Waals surface area contributed by atoms with Crippen molar-refractivity contribution in [3.05, 3.63) is 29.8 Å². The molecule has 0 aliphatic carbocycles. The fourth-order valence-electron chi connectivity index (χ4n) is 3.26. The van der Waals surface area contributed by atoms with E-state index in [2.05, 4.69) is 46.4 Å². The second-order valence-corrected chi connectivity index (χ2v) is 6.09. The number of likely N-dealkylation sites (N-methyl/N-ethyl adjacent to an activating group) is 1. The molecule has 5 nitrogen and oxygen atoms in total. The summed E-state index contributed by atoms with van der Waals surface area (Å²) in [7, 11) is 0. The summed E-state index contributed by atoms with van der Waals surface area (Å²) in [5, 5.41) is 6.31. The minimum Gasteiger partial charge on any atom is -0.326 e. The quantitative estimate of drug-likeness (QED) is 0.806. The van der Waals surface area contributed by atoms with Crippen molar-refractivity contribution in [2.75, 3.05) is 51.1 Å². The van der Waals surface area contributed by atoms with Gasteiger partial charge in [0.25, 0.3) is 0 Å². The standard InChI is InChI=1S/C18H30N4O/c1-4-22(5-2)18(14-21-11-9-19-10-12-21)16-7-6-8-17(13-16)20-15(3)23/h6-8,13,18-19H,4-5,9-12,14H2,1-3H3,(H,20,23). The lowest BCUT2D eigenvalue weighted by atomic mass is 10.0. The molecule has 1 aromatic carbocycles. The fourth-order valence-corrected chi connectivity index (χ4v) is 3.26. The van der Waals surface area contributed by atoms with Gasteiger partial charge in [-0.05, 0) is 30.8 Å². The number of rotatable bonds is 7. The number of nitrogens with zero attached hydrogens (tertiary/aromatic N) is 2. The molecule has 5 heteroatoms. The van der Waals surface area contributed by atoms with Gasteiger partial charge in [-0.25, -0.2) is 0 Å². The lowest BCUT2D eigenvalue weighted by Crippen LogP contribution is -2.47. The SMILES string of the molecule is CCN(CC)C(CN1CCNCC1)c1cccc(NC(C)=O)c1. The Balaban J connectivity index is 2.19. The minimum atomic E-state index is -0.0244. The predicted octanol–water partition coefficient (Wildman–Crippen LogP) is 1.93. The number of carbonyl (C=O) groups excluding carboxylic acids is 1. The number of hydrogen-bond acceptors (Lipinski definition) is 4. The molecule has 23 heavy (non-hydrogen) atoms. The van der Waals surface area contributed by atoms with E-state index in [1.165, 1.54) is 5.56 Å². The summed E-state index contributed by atoms with van der Waals surface area (Å²) in [6.07, 6.45) is 0. The maximum Gasteiger partial charge on any atom is 0.221 e. The number of anilines is 1. The van der Waals surface area contributed by atoms with Crippen molar-refractivity contribution in [2.45, 2.75) is 26.8 Å². The molecule has 0 aromatic heterocycles. The molecule has 1 saturated heterocycles. The highest BCUT2D eigenvalue weighted by Crippen LogP contribution is 2.24. The number of hydrogen-bond donors (Lipinski definition) is 2. The molecular formula is C18H30N4O. The first-order valence-corrected chi connectivity index (χ1v) is 8.68. The van der Waals surface area contributed by atoms with Crippen molar-refractivity contribution in [3.8, 4) is 0 Å². The van der Waals surface area contributed by atoms with Gasteiger partial charge in [0.05, 0.1) is 0 Å². The third-order valence-electron chi connectivity index (χ3n) is 4.49. The van der Waals surface area contributed by atoms with Crippen LogP contribution in [0.25, 0.3) is 0 Å². The van der Waals surface area contributed by atoms with Crippen LogP contribution >= 0.6 is 0 Å². The summed E-state index contributed by atoms with van der Waals surface area (Å²) in [6.45, 7) is 13.4. The van der Waals surface area contributed by atoms with Gasteiger partial charge in [-0.3, -0.25) is 14.6 Å². The molecule has 1 aliphatic heterocycles. The van der Waals surface area contributed by atoms with E-state index in [9.17, 15) is 4.79 Å². The normalized spacial score (nSPS) is 17.2. The highest BCUT2D eigenvalue weighted by molar-refractivity contribution is 5.88. The van der Waals surface area contributed by atoms with E-state index in [-0.39, 0.29) is 5.91 Å². The van der Waals surface area contributed by atoms with Crippen molar-refractivity contribution < 1.29 is 4.79 Å². The van der Waals surface area contributed by atoms with Crippen LogP contribution in [0.4, 0.5) is 5.69 Å². The number of nitrogens with one attached hydrogen (secondary N) is 2. The van der Waals surface area contributed by atoms with E-state index >= 15 is 0 Å². The Labute approximate surface area is 140 Å². The largest absolute Gasteiger partial charge is 0.326 e. The van der Waals surface area contributed by atoms with E-state index in [0.717, 1.165) is 51.5 Å². The predicted molar refractivity (Wildman–Crippen MR) is 95.7 cm³/mol. The molecule has 1 atom stereocenters. The Hall–Kier alpha value is -1.43. The average molecular weight is 318 g/mol. The van der Waals surface area contributed by atoms with Crippen molar-refractivity contribution >= 4 is 11.6 Å². The molecule has 0 spiro atoms. The van der Waals surface area contributed by atoms with Gasteiger partial charge in [-0.2, -0.15) is 0 Å². The highest BCUT2D eigenvalue weighted by Gasteiger charge is 2.22. The summed E-state index contributed by atoms with van der Waals surface area (Å²) < 4.78 is 0. The second kappa shape index (κ2) is 9.01. The van der Waals surface area contributed by atoms with Gasteiger partial charge in [0.2, 0.25) is 5.91 Å². The molecule has 1 amide bonds. The van der Waals surface area contributed by atoms with Gasteiger partial charge >= 0.3 is 0 Å². The van der Waals surface area contributed by atoms with E-state index in [1.54, 1.807) is 6.92 Å². The molecule has 128 valence electrons. The molecule has 0 radical (unpaired) electrons. The van der Waals surface area contributed by atoms with E-state index < -0.39 is 0 Å². The Morgan fingerprint density at radius 1 is 1.30 bits per heavy atom. The van der Waals surface area contributed by atoms with Crippen LogP contribution in [0, 0.1) is 0 Å². The summed E-state index contributed by atoms with van der Waals surface area (Å²) in [5.41, 5.74) is 2.16. The van der Waals surface area contributed by atoms with E-state index in [4.69, 9.17) is 0 Å². The Morgan fingerprint density at radius 2 is 2.00 bits per heavy atom. The van der Waals surface area contributed by atoms with Crippen LogP contribution in [-0.4, -0.2) is 61.5 Å². The van der Waals surface area contributed by atoms with Crippen LogP contribution in [-0.2, 0) is 4.79 Å². The first-order valence-electron chi connectivity index (χ1n) is 8.68. The molecule has 1 aromatic rings. The van der Waals surface area contributed by atoms with Crippen molar-refractivity contribution in [3.63, 3.8) is 0 Å². The average Bonchev–Trinajstić information content (AvgIpc) is 2.55. The summed E-state index contributed by atoms with van der Waals surface area (Å²) in [4.78, 5) is 16.3. The van der Waals surface area contributed by atoms with Crippen LogP contribution in [0.15, 0.2) is 24.3 Å². The van der Waals surface area contributed by atoms with Gasteiger partial charge in [0.15, 0.2) is 0 Å². The first-order chi connectivity index (χ1) is 11.1. The van der Waals surface area contributed by atoms with Crippen LogP contribution in [0.5, 0.6) is 0 Å². The smallest absolute Gasteiger partial charge is 0.221 e. The molecule has 0 bridgehead atoms. The second-order valence-electron chi connectivity index (χ2n) is 6.09. The lowest BCUT2D eigenvalue weighted by molar-refractivity contribution is -0.114. The third kappa shape index (κ3) is 5.30. The van der Waals surface area contributed by atoms with Gasteiger partial charge in [-0.1, -0.05) is 26.0 Å². The van der Waals surface area contributed by atoms with Crippen LogP contribution in [0.1, 0.15) is 32.4 Å². The minimum absolute atomic E-state index is 0.0244. The molecule has 2 N–H and O–H groups in total. The van der Waals surface area contributed by atoms with Crippen LogP contribution in [0.2, 0.25) is 0 Å². The van der Waals surface area contributed by atoms with Gasteiger partial charge in [0, 0.05) is 51.4 Å². The summed E-state index contributed by atoms with van der Waals surface area (Å²) in [6, 6.07) is 8.64. The fraction of sp³-hybridized carbons (Fsp3) is 0.611. The maximum atomic E-state index is 11.3. The highest BCUT2D eigenvalue weighted by atomic mass is 16.1. The van der Waals surface area contributed by atoms with Crippen molar-refractivity contribution in [2.24, 2.45) is 0 Å². The topological polar surface area (TPSA) is 47.6 Å². The number of amides is 1. The zero-order chi connectivity index (χ0) is 16.7. The maximum absolute atomic E-state index is 11.3. The summed E-state index contributed by atoms with van der Waals surface area (Å²) >= 11 is 0. The molecule has 1 fully saturated rings. The number of benzene rings is 1. The summed E-state index contributed by atoms with van der Waals surface area (Å²) in [5.74, 6) is -0.0244. The van der Waals surface area contributed by atoms with Crippen LogP contribution < -0.4 is 10.6 Å². The first kappa shape index (κ1) is 17.9. The zero-order valence-electron chi connectivity index (χ0n) is 14.6. The van der Waals surface area contributed by atoms with Gasteiger partial charge < -0.3 is 10.6 Å². The molecule has 1 aliphatic rings. The third-order valence-corrected chi connectivity index (χ3v) is 4.49. The Kier molecular flexibility index (Phi) is 7.02. The Morgan fingerprint density at radius 3 is 2.61 bits per heavy atom. The van der Waals surface area contributed by atoms with E-state index in [0.29, 0.717) is 6.04 Å². The molecular weight excluding hydrogens is 288 g/mol.